The van der Waals surface area contributed by atoms with Crippen LogP contribution in [0.2, 0.25) is 0 Å². The van der Waals surface area contributed by atoms with Crippen LogP contribution in [0.15, 0.2) is 24.3 Å². The van der Waals surface area contributed by atoms with Gasteiger partial charge in [-0.1, -0.05) is 51.5 Å². The van der Waals surface area contributed by atoms with Crippen molar-refractivity contribution >= 4 is 5.78 Å². The van der Waals surface area contributed by atoms with E-state index in [1.54, 1.807) is 0 Å². The molecule has 1 aromatic rings. The first-order valence-electron chi connectivity index (χ1n) is 7.43. The fourth-order valence-electron chi connectivity index (χ4n) is 2.57. The van der Waals surface area contributed by atoms with Gasteiger partial charge in [0.1, 0.15) is 0 Å². The fraction of sp³-hybridized carbons (Fsp3) is 0.588. The molecule has 1 saturated heterocycles. The second-order valence-corrected chi connectivity index (χ2v) is 6.18. The highest BCUT2D eigenvalue weighted by molar-refractivity contribution is 6.00. The number of hydrogen-bond donors (Lipinski definition) is 1. The third-order valence-electron chi connectivity index (χ3n) is 4.46. The van der Waals surface area contributed by atoms with Crippen LogP contribution in [0.5, 0.6) is 0 Å². The zero-order chi connectivity index (χ0) is 13.9. The highest BCUT2D eigenvalue weighted by Gasteiger charge is 2.23. The summed E-state index contributed by atoms with van der Waals surface area (Å²) in [6.45, 7) is 7.65. The predicted molar refractivity (Wildman–Crippen MR) is 79.7 cm³/mol. The van der Waals surface area contributed by atoms with E-state index in [4.69, 9.17) is 0 Å². The molecule has 1 aliphatic rings. The minimum absolute atomic E-state index is 0.0267. The molecule has 1 atom stereocenters. The van der Waals surface area contributed by atoms with Crippen molar-refractivity contribution in [1.82, 2.24) is 5.32 Å². The van der Waals surface area contributed by atoms with E-state index in [1.807, 2.05) is 12.1 Å². The highest BCUT2D eigenvalue weighted by atomic mass is 16.1. The average Bonchev–Trinajstić information content (AvgIpc) is 2.47. The molecule has 0 bridgehead atoms. The first-order chi connectivity index (χ1) is 9.04. The Labute approximate surface area is 116 Å². The molecule has 1 fully saturated rings. The minimum Gasteiger partial charge on any atom is -0.307 e. The molecule has 0 amide bonds. The van der Waals surface area contributed by atoms with Crippen molar-refractivity contribution in [3.05, 3.63) is 35.4 Å². The molecule has 104 valence electrons. The molecular weight excluding hydrogens is 234 g/mol. The number of benzene rings is 1. The predicted octanol–water partition coefficient (Wildman–Crippen LogP) is 3.70. The summed E-state index contributed by atoms with van der Waals surface area (Å²) in [7, 11) is 0. The molecule has 0 radical (unpaired) electrons. The lowest BCUT2D eigenvalue weighted by Crippen LogP contribution is -2.40. The summed E-state index contributed by atoms with van der Waals surface area (Å²) in [6.07, 6.45) is 4.42. The molecule has 1 heterocycles. The summed E-state index contributed by atoms with van der Waals surface area (Å²) < 4.78 is 0. The van der Waals surface area contributed by atoms with E-state index >= 15 is 0 Å². The molecule has 1 aliphatic heterocycles. The number of carbonyl (C=O) groups excluding carboxylic acids is 1. The van der Waals surface area contributed by atoms with Crippen LogP contribution in [0.3, 0.4) is 0 Å². The summed E-state index contributed by atoms with van der Waals surface area (Å²) >= 11 is 0. The summed E-state index contributed by atoms with van der Waals surface area (Å²) in [5, 5.41) is 3.32. The largest absolute Gasteiger partial charge is 0.307 e. The van der Waals surface area contributed by atoms with E-state index < -0.39 is 0 Å². The first kappa shape index (κ1) is 14.3. The number of rotatable bonds is 4. The van der Waals surface area contributed by atoms with E-state index in [1.165, 1.54) is 12.0 Å². The summed E-state index contributed by atoms with van der Waals surface area (Å²) in [6, 6.07) is 8.23. The third-order valence-corrected chi connectivity index (χ3v) is 4.46. The van der Waals surface area contributed by atoms with E-state index in [-0.39, 0.29) is 17.2 Å². The normalized spacial score (nSPS) is 20.3. The highest BCUT2D eigenvalue weighted by Crippen LogP contribution is 2.27. The van der Waals surface area contributed by atoms with Crippen molar-refractivity contribution in [2.75, 3.05) is 6.54 Å². The maximum atomic E-state index is 12.4. The molecule has 0 aromatic heterocycles. The number of ketones is 1. The Morgan fingerprint density at radius 1 is 1.26 bits per heavy atom. The summed E-state index contributed by atoms with van der Waals surface area (Å²) in [5.74, 6) is 0.251. The van der Waals surface area contributed by atoms with Crippen LogP contribution >= 0.6 is 0 Å². The van der Waals surface area contributed by atoms with Crippen LogP contribution in [-0.2, 0) is 5.41 Å². The van der Waals surface area contributed by atoms with Crippen LogP contribution < -0.4 is 5.32 Å². The first-order valence-corrected chi connectivity index (χ1v) is 7.43. The van der Waals surface area contributed by atoms with Gasteiger partial charge >= 0.3 is 0 Å². The van der Waals surface area contributed by atoms with Gasteiger partial charge in [0.05, 0.1) is 6.04 Å². The standard InChI is InChI=1S/C17H25NO/c1-4-17(2,3)14-10-8-13(9-11-14)16(19)15-7-5-6-12-18-15/h8-11,15,18H,4-7,12H2,1-3H3. The minimum atomic E-state index is 0.0267. The molecule has 19 heavy (non-hydrogen) atoms. The Morgan fingerprint density at radius 2 is 1.95 bits per heavy atom. The maximum Gasteiger partial charge on any atom is 0.179 e. The van der Waals surface area contributed by atoms with Gasteiger partial charge in [0.15, 0.2) is 5.78 Å². The lowest BCUT2D eigenvalue weighted by atomic mass is 9.81. The van der Waals surface area contributed by atoms with Crippen LogP contribution in [0.4, 0.5) is 0 Å². The zero-order valence-corrected chi connectivity index (χ0v) is 12.3. The van der Waals surface area contributed by atoms with Gasteiger partial charge in [-0.15, -0.1) is 0 Å². The monoisotopic (exact) mass is 259 g/mol. The van der Waals surface area contributed by atoms with Crippen LogP contribution in [0.1, 0.15) is 62.4 Å². The Balaban J connectivity index is 2.11. The molecule has 1 aromatic carbocycles. The van der Waals surface area contributed by atoms with Gasteiger partial charge in [-0.2, -0.15) is 0 Å². The molecule has 1 N–H and O–H groups in total. The van der Waals surface area contributed by atoms with Gasteiger partial charge in [-0.25, -0.2) is 0 Å². The number of piperidine rings is 1. The van der Waals surface area contributed by atoms with Crippen molar-refractivity contribution in [3.8, 4) is 0 Å². The van der Waals surface area contributed by atoms with Gasteiger partial charge in [0, 0.05) is 5.56 Å². The quantitative estimate of drug-likeness (QED) is 0.835. The Bertz CT molecular complexity index is 427. The lowest BCUT2D eigenvalue weighted by molar-refractivity contribution is 0.0927. The molecule has 0 aliphatic carbocycles. The van der Waals surface area contributed by atoms with E-state index in [9.17, 15) is 4.79 Å². The van der Waals surface area contributed by atoms with Gasteiger partial charge in [0.2, 0.25) is 0 Å². The summed E-state index contributed by atoms with van der Waals surface area (Å²) in [5.41, 5.74) is 2.34. The molecule has 1 unspecified atom stereocenters. The molecule has 2 nitrogen and oxygen atoms in total. The molecular formula is C17H25NO. The van der Waals surface area contributed by atoms with Crippen LogP contribution in [-0.4, -0.2) is 18.4 Å². The zero-order valence-electron chi connectivity index (χ0n) is 12.3. The van der Waals surface area contributed by atoms with E-state index in [0.29, 0.717) is 0 Å². The van der Waals surface area contributed by atoms with Crippen molar-refractivity contribution in [2.24, 2.45) is 0 Å². The van der Waals surface area contributed by atoms with Gasteiger partial charge in [0.25, 0.3) is 0 Å². The SMILES string of the molecule is CCC(C)(C)c1ccc(C(=O)C2CCCCN2)cc1. The Morgan fingerprint density at radius 3 is 2.47 bits per heavy atom. The summed E-state index contributed by atoms with van der Waals surface area (Å²) in [4.78, 5) is 12.4. The number of nitrogens with one attached hydrogen (secondary N) is 1. The van der Waals surface area contributed by atoms with Crippen molar-refractivity contribution in [3.63, 3.8) is 0 Å². The van der Waals surface area contributed by atoms with Gasteiger partial charge in [-0.3, -0.25) is 4.79 Å². The second-order valence-electron chi connectivity index (χ2n) is 6.18. The Hall–Kier alpha value is -1.15. The molecule has 0 spiro atoms. The number of carbonyl (C=O) groups is 1. The van der Waals surface area contributed by atoms with Gasteiger partial charge in [-0.05, 0) is 36.8 Å². The average molecular weight is 259 g/mol. The molecule has 2 rings (SSSR count). The maximum absolute atomic E-state index is 12.4. The Kier molecular flexibility index (Phi) is 4.41. The van der Waals surface area contributed by atoms with E-state index in [0.717, 1.165) is 31.4 Å². The lowest BCUT2D eigenvalue weighted by Gasteiger charge is -2.24. The van der Waals surface area contributed by atoms with Crippen molar-refractivity contribution < 1.29 is 4.79 Å². The number of hydrogen-bond acceptors (Lipinski definition) is 2. The van der Waals surface area contributed by atoms with Gasteiger partial charge < -0.3 is 5.32 Å². The van der Waals surface area contributed by atoms with Crippen molar-refractivity contribution in [1.29, 1.82) is 0 Å². The smallest absolute Gasteiger partial charge is 0.179 e. The van der Waals surface area contributed by atoms with E-state index in [2.05, 4.69) is 38.2 Å². The van der Waals surface area contributed by atoms with Crippen LogP contribution in [0, 0.1) is 0 Å². The molecule has 2 heteroatoms. The fourth-order valence-corrected chi connectivity index (χ4v) is 2.57. The van der Waals surface area contributed by atoms with Crippen LogP contribution in [0.25, 0.3) is 0 Å². The topological polar surface area (TPSA) is 29.1 Å². The number of Topliss-reactive ketones (excluding diaryl/α,β-unsaturated/α-hetero) is 1. The molecule has 0 saturated carbocycles. The van der Waals surface area contributed by atoms with Crippen molar-refractivity contribution in [2.45, 2.75) is 57.9 Å². The third kappa shape index (κ3) is 3.24. The second kappa shape index (κ2) is 5.87.